The monoisotopic (exact) mass is 304 g/mol. The van der Waals surface area contributed by atoms with E-state index in [1.54, 1.807) is 11.6 Å². The maximum atomic E-state index is 12.0. The number of pyridine rings is 1. The number of aliphatic hydroxyl groups excluding tert-OH is 1. The molecule has 2 rings (SSSR count). The van der Waals surface area contributed by atoms with Gasteiger partial charge in [-0.05, 0) is 25.2 Å². The first-order chi connectivity index (χ1) is 10.6. The summed E-state index contributed by atoms with van der Waals surface area (Å²) in [6, 6.07) is 9.08. The molecule has 1 unspecified atom stereocenters. The molecule has 0 radical (unpaired) electrons. The fourth-order valence-corrected chi connectivity index (χ4v) is 2.52. The van der Waals surface area contributed by atoms with E-state index in [2.05, 4.69) is 18.7 Å². The summed E-state index contributed by atoms with van der Waals surface area (Å²) in [4.78, 5) is 14.1. The van der Waals surface area contributed by atoms with Crippen molar-refractivity contribution >= 4 is 10.9 Å². The van der Waals surface area contributed by atoms with Gasteiger partial charge in [-0.1, -0.05) is 26.0 Å². The van der Waals surface area contributed by atoms with Gasteiger partial charge < -0.3 is 19.3 Å². The lowest BCUT2D eigenvalue weighted by Gasteiger charge is -2.22. The molecule has 0 bridgehead atoms. The van der Waals surface area contributed by atoms with Gasteiger partial charge in [-0.3, -0.25) is 4.79 Å². The van der Waals surface area contributed by atoms with Crippen molar-refractivity contribution in [3.8, 4) is 5.75 Å². The van der Waals surface area contributed by atoms with Crippen LogP contribution in [0.2, 0.25) is 0 Å². The number of likely N-dealkylation sites (N-methyl/N-ethyl adjacent to an activating group) is 1. The Hall–Kier alpha value is -1.85. The second-order valence-corrected chi connectivity index (χ2v) is 5.37. The normalized spacial score (nSPS) is 12.8. The van der Waals surface area contributed by atoms with E-state index < -0.39 is 6.10 Å². The molecule has 0 saturated carbocycles. The molecule has 22 heavy (non-hydrogen) atoms. The number of aryl methyl sites for hydroxylation is 1. The number of para-hydroxylation sites is 1. The number of aromatic nitrogens is 1. The maximum Gasteiger partial charge on any atom is 0.254 e. The van der Waals surface area contributed by atoms with Crippen LogP contribution in [0, 0.1) is 0 Å². The number of aliphatic hydroxyl groups is 1. The van der Waals surface area contributed by atoms with Crippen LogP contribution in [0.25, 0.3) is 10.9 Å². The highest BCUT2D eigenvalue weighted by molar-refractivity contribution is 5.85. The Bertz CT molecular complexity index is 677. The van der Waals surface area contributed by atoms with E-state index >= 15 is 0 Å². The van der Waals surface area contributed by atoms with Gasteiger partial charge in [-0.25, -0.2) is 0 Å². The summed E-state index contributed by atoms with van der Waals surface area (Å²) in [7, 11) is 1.74. The SMILES string of the molecule is CCN(CC)CC(O)COc1cc(=O)n(C)c2ccccc12. The van der Waals surface area contributed by atoms with Gasteiger partial charge in [0.05, 0.1) is 5.52 Å². The van der Waals surface area contributed by atoms with Gasteiger partial charge in [0, 0.05) is 25.0 Å². The van der Waals surface area contributed by atoms with Crippen molar-refractivity contribution in [1.82, 2.24) is 9.47 Å². The maximum absolute atomic E-state index is 12.0. The lowest BCUT2D eigenvalue weighted by Crippen LogP contribution is -2.35. The van der Waals surface area contributed by atoms with E-state index in [1.807, 2.05) is 24.3 Å². The Morgan fingerprint density at radius 2 is 1.95 bits per heavy atom. The van der Waals surface area contributed by atoms with Crippen molar-refractivity contribution in [3.05, 3.63) is 40.7 Å². The van der Waals surface area contributed by atoms with Crippen molar-refractivity contribution in [2.45, 2.75) is 20.0 Å². The van der Waals surface area contributed by atoms with Crippen molar-refractivity contribution in [2.24, 2.45) is 7.05 Å². The van der Waals surface area contributed by atoms with Gasteiger partial charge in [0.15, 0.2) is 0 Å². The van der Waals surface area contributed by atoms with Crippen LogP contribution in [-0.4, -0.2) is 46.9 Å². The number of hydrogen-bond acceptors (Lipinski definition) is 4. The second-order valence-electron chi connectivity index (χ2n) is 5.37. The summed E-state index contributed by atoms with van der Waals surface area (Å²) < 4.78 is 7.31. The molecule has 0 aliphatic rings. The zero-order valence-corrected chi connectivity index (χ0v) is 13.5. The van der Waals surface area contributed by atoms with Gasteiger partial charge in [0.1, 0.15) is 18.5 Å². The third kappa shape index (κ3) is 3.67. The van der Waals surface area contributed by atoms with Crippen molar-refractivity contribution in [3.63, 3.8) is 0 Å². The fourth-order valence-electron chi connectivity index (χ4n) is 2.52. The van der Waals surface area contributed by atoms with E-state index in [4.69, 9.17) is 4.74 Å². The Morgan fingerprint density at radius 3 is 2.64 bits per heavy atom. The molecule has 0 aliphatic heterocycles. The van der Waals surface area contributed by atoms with Crippen LogP contribution in [0.5, 0.6) is 5.75 Å². The Balaban J connectivity index is 2.15. The number of hydrogen-bond donors (Lipinski definition) is 1. The third-order valence-corrected chi connectivity index (χ3v) is 3.91. The van der Waals surface area contributed by atoms with E-state index in [0.717, 1.165) is 24.0 Å². The number of nitrogens with zero attached hydrogens (tertiary/aromatic N) is 2. The highest BCUT2D eigenvalue weighted by Gasteiger charge is 2.12. The second kappa shape index (κ2) is 7.42. The lowest BCUT2D eigenvalue weighted by atomic mass is 10.2. The Labute approximate surface area is 130 Å². The quantitative estimate of drug-likeness (QED) is 0.844. The predicted molar refractivity (Wildman–Crippen MR) is 88.5 cm³/mol. The summed E-state index contributed by atoms with van der Waals surface area (Å²) in [6.07, 6.45) is -0.581. The summed E-state index contributed by atoms with van der Waals surface area (Å²) >= 11 is 0. The van der Waals surface area contributed by atoms with Gasteiger partial charge in [0.2, 0.25) is 0 Å². The molecule has 0 amide bonds. The first kappa shape index (κ1) is 16.5. The zero-order valence-electron chi connectivity index (χ0n) is 13.5. The molecule has 2 aromatic rings. The van der Waals surface area contributed by atoms with Gasteiger partial charge in [0.25, 0.3) is 5.56 Å². The van der Waals surface area contributed by atoms with Crippen LogP contribution in [0.15, 0.2) is 35.1 Å². The molecule has 1 heterocycles. The smallest absolute Gasteiger partial charge is 0.254 e. The molecule has 0 spiro atoms. The Kier molecular flexibility index (Phi) is 5.57. The number of benzene rings is 1. The number of ether oxygens (including phenoxy) is 1. The highest BCUT2D eigenvalue weighted by Crippen LogP contribution is 2.23. The lowest BCUT2D eigenvalue weighted by molar-refractivity contribution is 0.0721. The van der Waals surface area contributed by atoms with Crippen LogP contribution in [0.4, 0.5) is 0 Å². The minimum absolute atomic E-state index is 0.119. The molecular weight excluding hydrogens is 280 g/mol. The molecule has 1 atom stereocenters. The van der Waals surface area contributed by atoms with Crippen LogP contribution >= 0.6 is 0 Å². The molecule has 1 aromatic heterocycles. The first-order valence-electron chi connectivity index (χ1n) is 7.68. The van der Waals surface area contributed by atoms with Crippen LogP contribution in [-0.2, 0) is 7.05 Å². The van der Waals surface area contributed by atoms with Gasteiger partial charge in [-0.15, -0.1) is 0 Å². The molecule has 0 saturated heterocycles. The molecule has 1 N–H and O–H groups in total. The van der Waals surface area contributed by atoms with Crippen LogP contribution < -0.4 is 10.3 Å². The fraction of sp³-hybridized carbons (Fsp3) is 0.471. The summed E-state index contributed by atoms with van der Waals surface area (Å²) in [5.41, 5.74) is 0.704. The molecule has 5 nitrogen and oxygen atoms in total. The van der Waals surface area contributed by atoms with E-state index in [9.17, 15) is 9.90 Å². The van der Waals surface area contributed by atoms with Crippen molar-refractivity contribution in [1.29, 1.82) is 0 Å². The molecule has 5 heteroatoms. The number of rotatable bonds is 7. The molecule has 0 aliphatic carbocycles. The van der Waals surface area contributed by atoms with Gasteiger partial charge >= 0.3 is 0 Å². The standard InChI is InChI=1S/C17H24N2O3/c1-4-19(5-2)11-13(20)12-22-16-10-17(21)18(3)15-9-7-6-8-14(15)16/h6-10,13,20H,4-5,11-12H2,1-3H3. The van der Waals surface area contributed by atoms with Crippen molar-refractivity contribution in [2.75, 3.05) is 26.2 Å². The van der Waals surface area contributed by atoms with Crippen LogP contribution in [0.3, 0.4) is 0 Å². The molecule has 0 fully saturated rings. The Morgan fingerprint density at radius 1 is 1.27 bits per heavy atom. The molecule has 1 aromatic carbocycles. The summed E-state index contributed by atoms with van der Waals surface area (Å²) in [6.45, 7) is 6.64. The topological polar surface area (TPSA) is 54.7 Å². The largest absolute Gasteiger partial charge is 0.490 e. The van der Waals surface area contributed by atoms with E-state index in [-0.39, 0.29) is 12.2 Å². The average Bonchev–Trinajstić information content (AvgIpc) is 2.54. The zero-order chi connectivity index (χ0) is 16.1. The average molecular weight is 304 g/mol. The predicted octanol–water partition coefficient (Wildman–Crippen LogP) is 1.62. The summed E-state index contributed by atoms with van der Waals surface area (Å²) in [5, 5.41) is 11.0. The number of fused-ring (bicyclic) bond motifs is 1. The highest BCUT2D eigenvalue weighted by atomic mass is 16.5. The van der Waals surface area contributed by atoms with Crippen LogP contribution in [0.1, 0.15) is 13.8 Å². The third-order valence-electron chi connectivity index (χ3n) is 3.91. The minimum atomic E-state index is -0.581. The van der Waals surface area contributed by atoms with E-state index in [0.29, 0.717) is 12.3 Å². The summed E-state index contributed by atoms with van der Waals surface area (Å²) in [5.74, 6) is 0.525. The molecule has 120 valence electrons. The van der Waals surface area contributed by atoms with E-state index in [1.165, 1.54) is 6.07 Å². The van der Waals surface area contributed by atoms with Gasteiger partial charge in [-0.2, -0.15) is 0 Å². The van der Waals surface area contributed by atoms with Crippen molar-refractivity contribution < 1.29 is 9.84 Å². The molecular formula is C17H24N2O3. The minimum Gasteiger partial charge on any atom is -0.490 e. The first-order valence-corrected chi connectivity index (χ1v) is 7.68.